The Hall–Kier alpha value is -1.36. The van der Waals surface area contributed by atoms with Crippen molar-refractivity contribution in [1.29, 1.82) is 0 Å². The molecule has 1 saturated heterocycles. The van der Waals surface area contributed by atoms with Crippen molar-refractivity contribution < 1.29 is 4.79 Å². The summed E-state index contributed by atoms with van der Waals surface area (Å²) in [4.78, 5) is 14.7. The first-order valence-corrected chi connectivity index (χ1v) is 7.21. The molecule has 0 bridgehead atoms. The van der Waals surface area contributed by atoms with Gasteiger partial charge in [-0.15, -0.1) is 0 Å². The number of hydrogen-bond acceptors (Lipinski definition) is 3. The molecule has 1 aromatic rings. The first-order valence-electron chi connectivity index (χ1n) is 7.21. The van der Waals surface area contributed by atoms with E-state index in [4.69, 9.17) is 5.73 Å². The second-order valence-electron chi connectivity index (χ2n) is 5.24. The van der Waals surface area contributed by atoms with Gasteiger partial charge in [0.15, 0.2) is 0 Å². The third kappa shape index (κ3) is 2.97. The lowest BCUT2D eigenvalue weighted by Crippen LogP contribution is -2.44. The molecule has 19 heavy (non-hydrogen) atoms. The second-order valence-corrected chi connectivity index (χ2v) is 5.24. The number of aromatic nitrogens is 2. The van der Waals surface area contributed by atoms with Crippen LogP contribution in [0.25, 0.3) is 0 Å². The van der Waals surface area contributed by atoms with E-state index in [9.17, 15) is 4.79 Å². The van der Waals surface area contributed by atoms with Crippen molar-refractivity contribution in [2.45, 2.75) is 45.1 Å². The summed E-state index contributed by atoms with van der Waals surface area (Å²) in [5, 5.41) is 4.36. The number of likely N-dealkylation sites (tertiary alicyclic amines) is 1. The number of nitrogens with zero attached hydrogens (tertiary/aromatic N) is 3. The summed E-state index contributed by atoms with van der Waals surface area (Å²) >= 11 is 0. The van der Waals surface area contributed by atoms with Gasteiger partial charge in [0.05, 0.1) is 11.3 Å². The van der Waals surface area contributed by atoms with Crippen LogP contribution in [-0.2, 0) is 13.5 Å². The smallest absolute Gasteiger partial charge is 0.257 e. The van der Waals surface area contributed by atoms with Gasteiger partial charge >= 0.3 is 0 Å². The molecule has 0 saturated carbocycles. The number of nitrogens with two attached hydrogens (primary N) is 1. The van der Waals surface area contributed by atoms with Crippen molar-refractivity contribution in [1.82, 2.24) is 14.7 Å². The van der Waals surface area contributed by atoms with Gasteiger partial charge in [0.2, 0.25) is 0 Å². The van der Waals surface area contributed by atoms with Crippen LogP contribution < -0.4 is 5.73 Å². The molecule has 1 amide bonds. The minimum atomic E-state index is 0.128. The predicted octanol–water partition coefficient (Wildman–Crippen LogP) is 1.33. The third-order valence-corrected chi connectivity index (χ3v) is 3.86. The summed E-state index contributed by atoms with van der Waals surface area (Å²) in [6, 6.07) is 0.302. The van der Waals surface area contributed by atoms with Gasteiger partial charge < -0.3 is 10.6 Å². The van der Waals surface area contributed by atoms with Crippen molar-refractivity contribution in [2.75, 3.05) is 13.1 Å². The van der Waals surface area contributed by atoms with Crippen LogP contribution in [0.3, 0.4) is 0 Å². The molecule has 1 aliphatic heterocycles. The zero-order valence-electron chi connectivity index (χ0n) is 11.9. The van der Waals surface area contributed by atoms with E-state index in [-0.39, 0.29) is 5.91 Å². The highest BCUT2D eigenvalue weighted by molar-refractivity contribution is 5.95. The van der Waals surface area contributed by atoms with Crippen molar-refractivity contribution in [3.05, 3.63) is 17.5 Å². The minimum Gasteiger partial charge on any atom is -0.336 e. The van der Waals surface area contributed by atoms with Crippen LogP contribution in [0.5, 0.6) is 0 Å². The van der Waals surface area contributed by atoms with Crippen molar-refractivity contribution in [2.24, 2.45) is 12.8 Å². The number of amides is 1. The minimum absolute atomic E-state index is 0.128. The van der Waals surface area contributed by atoms with E-state index in [2.05, 4.69) is 5.10 Å². The lowest BCUT2D eigenvalue weighted by atomic mass is 9.98. The van der Waals surface area contributed by atoms with Crippen LogP contribution in [0.4, 0.5) is 0 Å². The summed E-state index contributed by atoms with van der Waals surface area (Å²) in [6.45, 7) is 3.52. The van der Waals surface area contributed by atoms with Gasteiger partial charge in [-0.2, -0.15) is 5.10 Å². The molecule has 1 fully saturated rings. The Labute approximate surface area is 114 Å². The average molecular weight is 264 g/mol. The Morgan fingerprint density at radius 3 is 3.00 bits per heavy atom. The Bertz CT molecular complexity index is 439. The molecular formula is C14H24N4O. The average Bonchev–Trinajstić information content (AvgIpc) is 2.80. The van der Waals surface area contributed by atoms with Gasteiger partial charge in [0.25, 0.3) is 5.91 Å². The van der Waals surface area contributed by atoms with Gasteiger partial charge in [-0.3, -0.25) is 9.48 Å². The summed E-state index contributed by atoms with van der Waals surface area (Å²) < 4.78 is 1.73. The van der Waals surface area contributed by atoms with Crippen LogP contribution in [-0.4, -0.2) is 39.7 Å². The monoisotopic (exact) mass is 264 g/mol. The number of carbonyl (C=O) groups excluding carboxylic acids is 1. The first-order chi connectivity index (χ1) is 9.17. The summed E-state index contributed by atoms with van der Waals surface area (Å²) in [5.41, 5.74) is 7.32. The third-order valence-electron chi connectivity index (χ3n) is 3.86. The Kier molecular flexibility index (Phi) is 4.58. The first kappa shape index (κ1) is 14.1. The molecular weight excluding hydrogens is 240 g/mol. The lowest BCUT2D eigenvalue weighted by molar-refractivity contribution is 0.0604. The molecule has 5 nitrogen and oxygen atoms in total. The predicted molar refractivity (Wildman–Crippen MR) is 74.9 cm³/mol. The van der Waals surface area contributed by atoms with Crippen molar-refractivity contribution >= 4 is 5.91 Å². The van der Waals surface area contributed by atoms with Gasteiger partial charge in [-0.25, -0.2) is 0 Å². The maximum absolute atomic E-state index is 12.7. The van der Waals surface area contributed by atoms with Crippen LogP contribution in [0.2, 0.25) is 0 Å². The van der Waals surface area contributed by atoms with Crippen LogP contribution in [0.1, 0.15) is 48.7 Å². The highest BCUT2D eigenvalue weighted by atomic mass is 16.2. The zero-order chi connectivity index (χ0) is 13.8. The summed E-state index contributed by atoms with van der Waals surface area (Å²) in [6.07, 6.45) is 6.89. The molecule has 2 heterocycles. The van der Waals surface area contributed by atoms with E-state index in [1.54, 1.807) is 4.68 Å². The van der Waals surface area contributed by atoms with E-state index in [1.807, 2.05) is 25.1 Å². The van der Waals surface area contributed by atoms with E-state index >= 15 is 0 Å². The molecule has 0 radical (unpaired) electrons. The fourth-order valence-corrected chi connectivity index (χ4v) is 2.89. The van der Waals surface area contributed by atoms with Gasteiger partial charge in [-0.1, -0.05) is 6.92 Å². The fourth-order valence-electron chi connectivity index (χ4n) is 2.89. The Morgan fingerprint density at radius 2 is 2.32 bits per heavy atom. The molecule has 1 aromatic heterocycles. The van der Waals surface area contributed by atoms with E-state index < -0.39 is 0 Å². The standard InChI is InChI=1S/C14H24N4O/c1-3-13-12(10-17(2)16-13)14(19)18-9-5-4-6-11(18)7-8-15/h10-11H,3-9,15H2,1-2H3. The summed E-state index contributed by atoms with van der Waals surface area (Å²) in [7, 11) is 1.86. The van der Waals surface area contributed by atoms with E-state index in [1.165, 1.54) is 6.42 Å². The SMILES string of the molecule is CCc1nn(C)cc1C(=O)N1CCCCC1CCN. The quantitative estimate of drug-likeness (QED) is 0.892. The lowest BCUT2D eigenvalue weighted by Gasteiger charge is -2.35. The maximum Gasteiger partial charge on any atom is 0.257 e. The molecule has 1 atom stereocenters. The molecule has 0 aliphatic carbocycles. The maximum atomic E-state index is 12.7. The molecule has 0 aromatic carbocycles. The largest absolute Gasteiger partial charge is 0.336 e. The van der Waals surface area contributed by atoms with Crippen LogP contribution >= 0.6 is 0 Å². The van der Waals surface area contributed by atoms with E-state index in [0.717, 1.165) is 43.5 Å². The molecule has 0 spiro atoms. The number of rotatable bonds is 4. The van der Waals surface area contributed by atoms with E-state index in [0.29, 0.717) is 12.6 Å². The highest BCUT2D eigenvalue weighted by Crippen LogP contribution is 2.22. The molecule has 2 rings (SSSR count). The van der Waals surface area contributed by atoms with Crippen molar-refractivity contribution in [3.8, 4) is 0 Å². The molecule has 2 N–H and O–H groups in total. The van der Waals surface area contributed by atoms with Crippen LogP contribution in [0.15, 0.2) is 6.20 Å². The second kappa shape index (κ2) is 6.19. The fraction of sp³-hybridized carbons (Fsp3) is 0.714. The van der Waals surface area contributed by atoms with Crippen molar-refractivity contribution in [3.63, 3.8) is 0 Å². The molecule has 1 aliphatic rings. The molecule has 1 unspecified atom stereocenters. The summed E-state index contributed by atoms with van der Waals surface area (Å²) in [5.74, 6) is 0.128. The normalized spacial score (nSPS) is 19.7. The van der Waals surface area contributed by atoms with Crippen LogP contribution in [0, 0.1) is 0 Å². The van der Waals surface area contributed by atoms with Gasteiger partial charge in [0, 0.05) is 25.8 Å². The van der Waals surface area contributed by atoms with Gasteiger partial charge in [0.1, 0.15) is 0 Å². The molecule has 5 heteroatoms. The van der Waals surface area contributed by atoms with Gasteiger partial charge in [-0.05, 0) is 38.6 Å². The number of carbonyl (C=O) groups is 1. The topological polar surface area (TPSA) is 64.2 Å². The number of piperidine rings is 1. The number of hydrogen-bond donors (Lipinski definition) is 1. The Balaban J connectivity index is 2.20. The number of aryl methyl sites for hydroxylation is 2. The molecule has 106 valence electrons. The zero-order valence-corrected chi connectivity index (χ0v) is 11.9. The Morgan fingerprint density at radius 1 is 1.53 bits per heavy atom. The highest BCUT2D eigenvalue weighted by Gasteiger charge is 2.28.